The molecule has 13 heavy (non-hydrogen) atoms. The van der Waals surface area contributed by atoms with E-state index in [0.29, 0.717) is 10.9 Å². The van der Waals surface area contributed by atoms with Crippen molar-refractivity contribution in [2.24, 2.45) is 0 Å². The molecule has 1 heterocycles. The van der Waals surface area contributed by atoms with E-state index < -0.39 is 0 Å². The minimum Gasteiger partial charge on any atom is -0.506 e. The summed E-state index contributed by atoms with van der Waals surface area (Å²) in [5, 5.41) is 9.60. The van der Waals surface area contributed by atoms with Crippen molar-refractivity contribution in [1.29, 1.82) is 0 Å². The fraction of sp³-hybridized carbons (Fsp3) is 0. The van der Waals surface area contributed by atoms with Crippen molar-refractivity contribution in [3.8, 4) is 5.75 Å². The van der Waals surface area contributed by atoms with Gasteiger partial charge >= 0.3 is 0 Å². The number of aromatic amines is 1. The van der Waals surface area contributed by atoms with Crippen LogP contribution in [0.3, 0.4) is 0 Å². The van der Waals surface area contributed by atoms with Crippen LogP contribution < -0.4 is 11.3 Å². The minimum atomic E-state index is -0.267. The lowest BCUT2D eigenvalue weighted by Gasteiger charge is -1.99. The first kappa shape index (κ1) is 7.60. The van der Waals surface area contributed by atoms with Gasteiger partial charge in [-0.3, -0.25) is 4.79 Å². The highest BCUT2D eigenvalue weighted by molar-refractivity contribution is 5.83. The smallest absolute Gasteiger partial charge is 0.258 e. The summed E-state index contributed by atoms with van der Waals surface area (Å²) in [7, 11) is 0. The van der Waals surface area contributed by atoms with Crippen molar-refractivity contribution in [2.75, 3.05) is 5.73 Å². The summed E-state index contributed by atoms with van der Waals surface area (Å²) in [6.07, 6.45) is 1.28. The molecule has 0 saturated heterocycles. The first-order valence-electron chi connectivity index (χ1n) is 3.64. The fourth-order valence-electron chi connectivity index (χ4n) is 1.12. The maximum Gasteiger partial charge on any atom is 0.258 e. The van der Waals surface area contributed by atoms with Crippen LogP contribution in [0.15, 0.2) is 23.3 Å². The SMILES string of the molecule is Nc1cc2c(=O)[nH]cnc2cc1O. The number of anilines is 1. The van der Waals surface area contributed by atoms with Crippen LogP contribution in [0.1, 0.15) is 0 Å². The molecule has 2 aromatic rings. The molecular formula is C8H7N3O2. The molecular weight excluding hydrogens is 170 g/mol. The number of phenolic OH excluding ortho intramolecular Hbond substituents is 1. The quantitative estimate of drug-likeness (QED) is 0.396. The molecule has 0 saturated carbocycles. The lowest BCUT2D eigenvalue weighted by atomic mass is 10.2. The molecule has 5 nitrogen and oxygen atoms in total. The van der Waals surface area contributed by atoms with Crippen molar-refractivity contribution in [2.45, 2.75) is 0 Å². The zero-order valence-electron chi connectivity index (χ0n) is 6.61. The molecule has 1 aromatic carbocycles. The highest BCUT2D eigenvalue weighted by atomic mass is 16.3. The highest BCUT2D eigenvalue weighted by Gasteiger charge is 2.03. The molecule has 5 heteroatoms. The average molecular weight is 177 g/mol. The van der Waals surface area contributed by atoms with Gasteiger partial charge in [-0.05, 0) is 6.07 Å². The normalized spacial score (nSPS) is 10.5. The number of nitrogen functional groups attached to an aromatic ring is 1. The summed E-state index contributed by atoms with van der Waals surface area (Å²) >= 11 is 0. The van der Waals surface area contributed by atoms with Gasteiger partial charge in [-0.1, -0.05) is 0 Å². The number of hydrogen-bond acceptors (Lipinski definition) is 4. The molecule has 0 aliphatic heterocycles. The van der Waals surface area contributed by atoms with Crippen molar-refractivity contribution in [3.05, 3.63) is 28.8 Å². The number of phenols is 1. The number of fused-ring (bicyclic) bond motifs is 1. The number of H-pyrrole nitrogens is 1. The Kier molecular flexibility index (Phi) is 1.45. The van der Waals surface area contributed by atoms with Crippen LogP contribution in [0.2, 0.25) is 0 Å². The van der Waals surface area contributed by atoms with Gasteiger partial charge in [0.25, 0.3) is 5.56 Å². The topological polar surface area (TPSA) is 92.0 Å². The second kappa shape index (κ2) is 2.48. The molecule has 4 N–H and O–H groups in total. The lowest BCUT2D eigenvalue weighted by molar-refractivity contribution is 0.478. The number of nitrogens with zero attached hydrogens (tertiary/aromatic N) is 1. The van der Waals surface area contributed by atoms with E-state index in [1.807, 2.05) is 0 Å². The van der Waals surface area contributed by atoms with Crippen molar-refractivity contribution in [3.63, 3.8) is 0 Å². The summed E-state index contributed by atoms with van der Waals surface area (Å²) < 4.78 is 0. The Morgan fingerprint density at radius 1 is 1.46 bits per heavy atom. The second-order valence-corrected chi connectivity index (χ2v) is 2.66. The van der Waals surface area contributed by atoms with Crippen molar-refractivity contribution in [1.82, 2.24) is 9.97 Å². The molecule has 0 atom stereocenters. The van der Waals surface area contributed by atoms with E-state index in [2.05, 4.69) is 9.97 Å². The Morgan fingerprint density at radius 3 is 3.00 bits per heavy atom. The van der Waals surface area contributed by atoms with E-state index in [1.165, 1.54) is 18.5 Å². The van der Waals surface area contributed by atoms with Crippen LogP contribution >= 0.6 is 0 Å². The molecule has 0 spiro atoms. The molecule has 0 aliphatic carbocycles. The number of aromatic hydroxyl groups is 1. The molecule has 0 bridgehead atoms. The van der Waals surface area contributed by atoms with Crippen LogP contribution in [-0.2, 0) is 0 Å². The minimum absolute atomic E-state index is 0.0643. The van der Waals surface area contributed by atoms with Gasteiger partial charge in [0.05, 0.1) is 22.9 Å². The Bertz CT molecular complexity index is 518. The summed E-state index contributed by atoms with van der Waals surface area (Å²) in [5.41, 5.74) is 5.76. The first-order valence-corrected chi connectivity index (χ1v) is 3.64. The number of nitrogens with one attached hydrogen (secondary N) is 1. The van der Waals surface area contributed by atoms with E-state index in [4.69, 9.17) is 5.73 Å². The number of hydrogen-bond donors (Lipinski definition) is 3. The zero-order chi connectivity index (χ0) is 9.42. The summed E-state index contributed by atoms with van der Waals surface area (Å²) in [4.78, 5) is 17.5. The Hall–Kier alpha value is -2.04. The lowest BCUT2D eigenvalue weighted by Crippen LogP contribution is -2.06. The van der Waals surface area contributed by atoms with Gasteiger partial charge in [0.15, 0.2) is 0 Å². The molecule has 66 valence electrons. The van der Waals surface area contributed by atoms with Crippen LogP contribution in [0.4, 0.5) is 5.69 Å². The first-order chi connectivity index (χ1) is 6.18. The van der Waals surface area contributed by atoms with Crippen molar-refractivity contribution >= 4 is 16.6 Å². The van der Waals surface area contributed by atoms with E-state index in [0.717, 1.165) is 0 Å². The molecule has 0 fully saturated rings. The zero-order valence-corrected chi connectivity index (χ0v) is 6.61. The van der Waals surface area contributed by atoms with E-state index in [1.54, 1.807) is 0 Å². The predicted octanol–water partition coefficient (Wildman–Crippen LogP) is 0.211. The largest absolute Gasteiger partial charge is 0.506 e. The van der Waals surface area contributed by atoms with Crippen LogP contribution in [-0.4, -0.2) is 15.1 Å². The van der Waals surface area contributed by atoms with E-state index >= 15 is 0 Å². The standard InChI is InChI=1S/C8H7N3O2/c9-5-1-4-6(2-7(5)12)10-3-11-8(4)13/h1-3,12H,9H2,(H,10,11,13). The third kappa shape index (κ3) is 1.10. The van der Waals surface area contributed by atoms with Gasteiger partial charge in [-0.2, -0.15) is 0 Å². The van der Waals surface area contributed by atoms with E-state index in [9.17, 15) is 9.90 Å². The molecule has 0 amide bonds. The van der Waals surface area contributed by atoms with Gasteiger partial charge in [-0.15, -0.1) is 0 Å². The summed E-state index contributed by atoms with van der Waals surface area (Å²) in [6, 6.07) is 2.76. The van der Waals surface area contributed by atoms with Gasteiger partial charge in [0.2, 0.25) is 0 Å². The average Bonchev–Trinajstić information content (AvgIpc) is 2.09. The molecule has 2 rings (SSSR count). The highest BCUT2D eigenvalue weighted by Crippen LogP contribution is 2.22. The van der Waals surface area contributed by atoms with Gasteiger partial charge in [0.1, 0.15) is 5.75 Å². The van der Waals surface area contributed by atoms with Gasteiger partial charge in [0, 0.05) is 6.07 Å². The third-order valence-corrected chi connectivity index (χ3v) is 1.79. The van der Waals surface area contributed by atoms with Crippen LogP contribution in [0.5, 0.6) is 5.75 Å². The third-order valence-electron chi connectivity index (χ3n) is 1.79. The summed E-state index contributed by atoms with van der Waals surface area (Å²) in [6.45, 7) is 0. The Morgan fingerprint density at radius 2 is 2.23 bits per heavy atom. The maximum atomic E-state index is 11.2. The molecule has 0 radical (unpaired) electrons. The Labute approximate surface area is 72.8 Å². The van der Waals surface area contributed by atoms with Crippen LogP contribution in [0, 0.1) is 0 Å². The molecule has 0 unspecified atom stereocenters. The summed E-state index contributed by atoms with van der Waals surface area (Å²) in [5.74, 6) is -0.0643. The number of rotatable bonds is 0. The monoisotopic (exact) mass is 177 g/mol. The number of nitrogens with two attached hydrogens (primary N) is 1. The van der Waals surface area contributed by atoms with Gasteiger partial charge < -0.3 is 15.8 Å². The molecule has 1 aromatic heterocycles. The Balaban J connectivity index is 2.97. The molecule has 0 aliphatic rings. The number of aromatic nitrogens is 2. The second-order valence-electron chi connectivity index (χ2n) is 2.66. The van der Waals surface area contributed by atoms with E-state index in [-0.39, 0.29) is 17.0 Å². The van der Waals surface area contributed by atoms with Crippen LogP contribution in [0.25, 0.3) is 10.9 Å². The fourth-order valence-corrected chi connectivity index (χ4v) is 1.12. The van der Waals surface area contributed by atoms with Gasteiger partial charge in [-0.25, -0.2) is 4.98 Å². The van der Waals surface area contributed by atoms with Crippen molar-refractivity contribution < 1.29 is 5.11 Å². The maximum absolute atomic E-state index is 11.2. The number of benzene rings is 1. The predicted molar refractivity (Wildman–Crippen MR) is 48.4 cm³/mol.